The zero-order valence-electron chi connectivity index (χ0n) is 21.1. The number of carbonyl (C=O) groups excluding carboxylic acids is 1. The van der Waals surface area contributed by atoms with Crippen molar-refractivity contribution in [1.29, 1.82) is 5.26 Å². The molecule has 0 spiro atoms. The second-order valence-corrected chi connectivity index (χ2v) is 10.3. The molecule has 0 atom stereocenters. The van der Waals surface area contributed by atoms with Crippen molar-refractivity contribution in [3.8, 4) is 28.6 Å². The van der Waals surface area contributed by atoms with Gasteiger partial charge in [0, 0.05) is 62.2 Å². The highest BCUT2D eigenvalue weighted by atomic mass is 16.2. The van der Waals surface area contributed by atoms with Gasteiger partial charge in [-0.3, -0.25) is 9.48 Å². The smallest absolute Gasteiger partial charge is 0.228 e. The first-order valence-corrected chi connectivity index (χ1v) is 12.7. The highest BCUT2D eigenvalue weighted by Crippen LogP contribution is 2.39. The van der Waals surface area contributed by atoms with Gasteiger partial charge in [-0.2, -0.15) is 15.5 Å². The molecule has 0 bridgehead atoms. The third kappa shape index (κ3) is 4.10. The van der Waals surface area contributed by atoms with Crippen LogP contribution in [-0.2, 0) is 11.8 Å². The number of aromatic nitrogens is 6. The van der Waals surface area contributed by atoms with Crippen LogP contribution in [0.3, 0.4) is 0 Å². The molecule has 0 aromatic carbocycles. The SMILES string of the molecule is Cn1cc(-c2cn3ncc(C#N)c3c(-c3ccc(N4CCN(C(=O)C5(C)CCCC5)CC4)nc3)n2)cn1. The largest absolute Gasteiger partial charge is 0.353 e. The number of pyridine rings is 1. The van der Waals surface area contributed by atoms with Crippen LogP contribution in [0.15, 0.2) is 43.1 Å². The van der Waals surface area contributed by atoms with E-state index in [9.17, 15) is 10.1 Å². The van der Waals surface area contributed by atoms with E-state index in [0.717, 1.165) is 55.7 Å². The Labute approximate surface area is 215 Å². The van der Waals surface area contributed by atoms with Gasteiger partial charge in [-0.25, -0.2) is 14.5 Å². The number of rotatable bonds is 4. The number of piperazine rings is 1. The van der Waals surface area contributed by atoms with Gasteiger partial charge in [0.2, 0.25) is 5.91 Å². The van der Waals surface area contributed by atoms with Crippen LogP contribution in [0.5, 0.6) is 0 Å². The molecule has 37 heavy (non-hydrogen) atoms. The number of carbonyl (C=O) groups is 1. The maximum Gasteiger partial charge on any atom is 0.228 e. The molecule has 6 rings (SSSR count). The van der Waals surface area contributed by atoms with Gasteiger partial charge >= 0.3 is 0 Å². The Kier molecular flexibility index (Phi) is 5.63. The van der Waals surface area contributed by atoms with E-state index in [1.165, 1.54) is 0 Å². The van der Waals surface area contributed by atoms with Gasteiger partial charge < -0.3 is 9.80 Å². The summed E-state index contributed by atoms with van der Waals surface area (Å²) >= 11 is 0. The van der Waals surface area contributed by atoms with Crippen molar-refractivity contribution in [2.24, 2.45) is 12.5 Å². The lowest BCUT2D eigenvalue weighted by Gasteiger charge is -2.39. The minimum absolute atomic E-state index is 0.180. The Morgan fingerprint density at radius 2 is 1.78 bits per heavy atom. The molecule has 4 aromatic heterocycles. The molecule has 188 valence electrons. The number of amides is 1. The van der Waals surface area contributed by atoms with Crippen molar-refractivity contribution in [3.63, 3.8) is 0 Å². The van der Waals surface area contributed by atoms with Crippen LogP contribution in [0.1, 0.15) is 38.2 Å². The lowest BCUT2D eigenvalue weighted by Crippen LogP contribution is -2.52. The van der Waals surface area contributed by atoms with Crippen molar-refractivity contribution < 1.29 is 4.79 Å². The summed E-state index contributed by atoms with van der Waals surface area (Å²) in [4.78, 5) is 27.0. The molecule has 4 aromatic rings. The van der Waals surface area contributed by atoms with Crippen molar-refractivity contribution in [1.82, 2.24) is 34.3 Å². The fourth-order valence-corrected chi connectivity index (χ4v) is 5.59. The molecule has 2 aliphatic rings. The zero-order chi connectivity index (χ0) is 25.6. The highest BCUT2D eigenvalue weighted by molar-refractivity contribution is 5.84. The second-order valence-electron chi connectivity index (χ2n) is 10.3. The van der Waals surface area contributed by atoms with Crippen LogP contribution in [0, 0.1) is 16.7 Å². The summed E-state index contributed by atoms with van der Waals surface area (Å²) in [6.45, 7) is 5.08. The van der Waals surface area contributed by atoms with Gasteiger partial charge in [0.15, 0.2) is 0 Å². The van der Waals surface area contributed by atoms with Crippen LogP contribution in [0.4, 0.5) is 5.82 Å². The van der Waals surface area contributed by atoms with Crippen molar-refractivity contribution in [2.75, 3.05) is 31.1 Å². The van der Waals surface area contributed by atoms with Crippen LogP contribution in [-0.4, -0.2) is 66.3 Å². The molecule has 1 saturated heterocycles. The highest BCUT2D eigenvalue weighted by Gasteiger charge is 2.39. The number of nitriles is 1. The molecule has 1 amide bonds. The van der Waals surface area contributed by atoms with E-state index in [4.69, 9.17) is 9.97 Å². The maximum atomic E-state index is 13.1. The minimum Gasteiger partial charge on any atom is -0.353 e. The molecular formula is C27H29N9O. The number of nitrogens with zero attached hydrogens (tertiary/aromatic N) is 9. The predicted octanol–water partition coefficient (Wildman–Crippen LogP) is 3.29. The van der Waals surface area contributed by atoms with E-state index in [2.05, 4.69) is 28.1 Å². The monoisotopic (exact) mass is 495 g/mol. The fraction of sp³-hybridized carbons (Fsp3) is 0.407. The Bertz CT molecular complexity index is 1500. The van der Waals surface area contributed by atoms with Gasteiger partial charge in [-0.15, -0.1) is 0 Å². The molecule has 0 N–H and O–H groups in total. The van der Waals surface area contributed by atoms with Gasteiger partial charge in [-0.1, -0.05) is 19.8 Å². The Morgan fingerprint density at radius 3 is 2.43 bits per heavy atom. The topological polar surface area (TPSA) is 108 Å². The Morgan fingerprint density at radius 1 is 1.00 bits per heavy atom. The van der Waals surface area contributed by atoms with Crippen molar-refractivity contribution in [2.45, 2.75) is 32.6 Å². The van der Waals surface area contributed by atoms with Crippen LogP contribution >= 0.6 is 0 Å². The van der Waals surface area contributed by atoms with Crippen LogP contribution in [0.25, 0.3) is 28.0 Å². The summed E-state index contributed by atoms with van der Waals surface area (Å²) < 4.78 is 3.42. The van der Waals surface area contributed by atoms with Crippen LogP contribution < -0.4 is 4.90 Å². The summed E-state index contributed by atoms with van der Waals surface area (Å²) in [5.41, 5.74) is 3.96. The summed E-state index contributed by atoms with van der Waals surface area (Å²) in [5.74, 6) is 1.18. The summed E-state index contributed by atoms with van der Waals surface area (Å²) in [7, 11) is 1.86. The molecule has 1 saturated carbocycles. The second kappa shape index (κ2) is 9.00. The predicted molar refractivity (Wildman–Crippen MR) is 139 cm³/mol. The van der Waals surface area contributed by atoms with Gasteiger partial charge in [0.25, 0.3) is 0 Å². The van der Waals surface area contributed by atoms with E-state index in [1.807, 2.05) is 36.5 Å². The van der Waals surface area contributed by atoms with Gasteiger partial charge in [-0.05, 0) is 25.0 Å². The molecule has 0 radical (unpaired) electrons. The molecule has 5 heterocycles. The average Bonchev–Trinajstić information content (AvgIpc) is 3.68. The lowest BCUT2D eigenvalue weighted by atomic mass is 9.87. The minimum atomic E-state index is -0.180. The van der Waals surface area contributed by atoms with Crippen LogP contribution in [0.2, 0.25) is 0 Å². The first-order valence-electron chi connectivity index (χ1n) is 12.7. The molecule has 10 heteroatoms. The molecular weight excluding hydrogens is 466 g/mol. The van der Waals surface area contributed by atoms with Crippen molar-refractivity contribution >= 4 is 17.2 Å². The van der Waals surface area contributed by atoms with E-state index in [1.54, 1.807) is 27.8 Å². The molecule has 1 aliphatic carbocycles. The first-order chi connectivity index (χ1) is 17.9. The fourth-order valence-electron chi connectivity index (χ4n) is 5.59. The summed E-state index contributed by atoms with van der Waals surface area (Å²) in [5, 5.41) is 18.3. The quantitative estimate of drug-likeness (QED) is 0.427. The third-order valence-corrected chi connectivity index (χ3v) is 7.75. The summed E-state index contributed by atoms with van der Waals surface area (Å²) in [6.07, 6.45) is 13.1. The van der Waals surface area contributed by atoms with E-state index >= 15 is 0 Å². The third-order valence-electron chi connectivity index (χ3n) is 7.75. The molecule has 10 nitrogen and oxygen atoms in total. The van der Waals surface area contributed by atoms with Gasteiger partial charge in [0.1, 0.15) is 23.0 Å². The Hall–Kier alpha value is -4.26. The number of hydrogen-bond donors (Lipinski definition) is 0. The van der Waals surface area contributed by atoms with E-state index < -0.39 is 0 Å². The number of aryl methyl sites for hydroxylation is 1. The first kappa shape index (κ1) is 23.2. The zero-order valence-corrected chi connectivity index (χ0v) is 21.1. The number of anilines is 1. The average molecular weight is 496 g/mol. The Balaban J connectivity index is 1.25. The number of hydrogen-bond acceptors (Lipinski definition) is 7. The molecule has 1 aliphatic heterocycles. The maximum absolute atomic E-state index is 13.1. The van der Waals surface area contributed by atoms with E-state index in [-0.39, 0.29) is 5.41 Å². The molecule has 0 unspecified atom stereocenters. The normalized spacial score (nSPS) is 17.3. The molecule has 2 fully saturated rings. The number of fused-ring (bicyclic) bond motifs is 1. The van der Waals surface area contributed by atoms with Gasteiger partial charge in [0.05, 0.1) is 30.0 Å². The summed E-state index contributed by atoms with van der Waals surface area (Å²) in [6, 6.07) is 6.20. The van der Waals surface area contributed by atoms with E-state index in [0.29, 0.717) is 41.5 Å². The standard InChI is InChI=1S/C27H29N9O/c1-27(7-3-4-8-27)26(37)35-11-9-34(10-12-35)23-6-5-19(14-29-23)24-25-20(13-28)15-31-36(25)18-22(32-24)21-16-30-33(2)17-21/h5-6,14-18H,3-4,7-12H2,1-2H3. The van der Waals surface area contributed by atoms with Crippen molar-refractivity contribution in [3.05, 3.63) is 48.7 Å². The lowest BCUT2D eigenvalue weighted by molar-refractivity contribution is -0.141.